The number of hydrogen-bond acceptors (Lipinski definition) is 4. The fraction of sp³-hybridized carbons (Fsp3) is 0.444. The number of carboxylic acids is 1. The number of nitrogens with one attached hydrogen (secondary N) is 1. The van der Waals surface area contributed by atoms with Gasteiger partial charge in [-0.15, -0.1) is 0 Å². The summed E-state index contributed by atoms with van der Waals surface area (Å²) >= 11 is 0. The van der Waals surface area contributed by atoms with Crippen molar-refractivity contribution in [2.24, 2.45) is 0 Å². The first kappa shape index (κ1) is 23.8. The number of carboxylic acid groups (broad SMARTS) is 1. The van der Waals surface area contributed by atoms with Crippen molar-refractivity contribution in [1.29, 1.82) is 0 Å². The molecule has 1 fully saturated rings. The number of aliphatic carboxylic acids is 1. The quantitative estimate of drug-likeness (QED) is 0.531. The molecule has 1 aliphatic heterocycles. The van der Waals surface area contributed by atoms with Gasteiger partial charge in [0.25, 0.3) is 0 Å². The number of alkyl carbamates (subject to hydrolysis) is 1. The van der Waals surface area contributed by atoms with E-state index in [1.807, 2.05) is 24.3 Å². The molecule has 0 radical (unpaired) electrons. The zero-order chi connectivity index (χ0) is 24.1. The van der Waals surface area contributed by atoms with Crippen molar-refractivity contribution < 1.29 is 24.2 Å². The number of ether oxygens (including phenoxy) is 1. The van der Waals surface area contributed by atoms with E-state index in [0.717, 1.165) is 19.3 Å². The Kier molecular flexibility index (Phi) is 7.20. The lowest BCUT2D eigenvalue weighted by atomic mass is 9.98. The number of likely N-dealkylation sites (tertiary alicyclic amines) is 1. The maximum Gasteiger partial charge on any atom is 0.407 e. The van der Waals surface area contributed by atoms with Crippen LogP contribution >= 0.6 is 0 Å². The maximum atomic E-state index is 12.5. The first-order chi connectivity index (χ1) is 16.4. The minimum Gasteiger partial charge on any atom is -0.480 e. The third kappa shape index (κ3) is 4.79. The highest BCUT2D eigenvalue weighted by Crippen LogP contribution is 2.44. The molecule has 1 aliphatic carbocycles. The Balaban J connectivity index is 1.16. The molecular weight excluding hydrogens is 432 g/mol. The third-order valence-electron chi connectivity index (χ3n) is 7.08. The van der Waals surface area contributed by atoms with E-state index in [4.69, 9.17) is 4.74 Å². The number of fused-ring (bicyclic) bond motifs is 3. The van der Waals surface area contributed by atoms with E-state index < -0.39 is 17.6 Å². The molecule has 2 amide bonds. The van der Waals surface area contributed by atoms with Gasteiger partial charge in [0, 0.05) is 25.4 Å². The lowest BCUT2D eigenvalue weighted by molar-refractivity contribution is -0.155. The molecular formula is C27H32N2O5. The molecule has 7 nitrogen and oxygen atoms in total. The zero-order valence-electron chi connectivity index (χ0n) is 19.6. The predicted octanol–water partition coefficient (Wildman–Crippen LogP) is 4.55. The number of carbonyl (C=O) groups is 3. The zero-order valence-corrected chi connectivity index (χ0v) is 19.6. The summed E-state index contributed by atoms with van der Waals surface area (Å²) in [5.74, 6) is -1.01. The van der Waals surface area contributed by atoms with Gasteiger partial charge in [-0.1, -0.05) is 55.0 Å². The van der Waals surface area contributed by atoms with Crippen LogP contribution in [0, 0.1) is 0 Å². The van der Waals surface area contributed by atoms with Gasteiger partial charge in [-0.3, -0.25) is 4.79 Å². The fourth-order valence-electron chi connectivity index (χ4n) is 5.14. The van der Waals surface area contributed by atoms with Crippen LogP contribution in [0.1, 0.15) is 62.5 Å². The molecule has 2 aromatic rings. The summed E-state index contributed by atoms with van der Waals surface area (Å²) < 4.78 is 5.53. The normalized spacial score (nSPS) is 18.9. The van der Waals surface area contributed by atoms with Gasteiger partial charge in [0.2, 0.25) is 5.91 Å². The van der Waals surface area contributed by atoms with Crippen LogP contribution in [0.4, 0.5) is 4.79 Å². The van der Waals surface area contributed by atoms with Gasteiger partial charge in [0.05, 0.1) is 0 Å². The van der Waals surface area contributed by atoms with Gasteiger partial charge in [-0.2, -0.15) is 0 Å². The maximum absolute atomic E-state index is 12.5. The molecule has 2 N–H and O–H groups in total. The molecule has 7 heteroatoms. The Labute approximate surface area is 200 Å². The summed E-state index contributed by atoms with van der Waals surface area (Å²) in [5.41, 5.74) is 3.66. The summed E-state index contributed by atoms with van der Waals surface area (Å²) in [6, 6.07) is 16.4. The first-order valence-corrected chi connectivity index (χ1v) is 12.0. The number of rotatable bonds is 9. The highest BCUT2D eigenvalue weighted by Gasteiger charge is 2.45. The topological polar surface area (TPSA) is 95.9 Å². The van der Waals surface area contributed by atoms with Crippen molar-refractivity contribution in [2.45, 2.75) is 56.9 Å². The summed E-state index contributed by atoms with van der Waals surface area (Å²) in [7, 11) is 0. The number of amides is 2. The van der Waals surface area contributed by atoms with Gasteiger partial charge in [-0.25, -0.2) is 9.59 Å². The van der Waals surface area contributed by atoms with Crippen LogP contribution in [-0.4, -0.2) is 53.2 Å². The molecule has 0 unspecified atom stereocenters. The molecule has 0 saturated carbocycles. The highest BCUT2D eigenvalue weighted by atomic mass is 16.5. The van der Waals surface area contributed by atoms with Crippen molar-refractivity contribution in [3.05, 3.63) is 59.7 Å². The van der Waals surface area contributed by atoms with E-state index >= 15 is 0 Å². The Bertz CT molecular complexity index is 1020. The SMILES string of the molecule is C[C@]1(C(=O)O)CCCN1C(=O)CCCCCNC(=O)OCC1c2ccccc2-c2ccccc21. The van der Waals surface area contributed by atoms with Gasteiger partial charge in [0.1, 0.15) is 12.1 Å². The Morgan fingerprint density at radius 2 is 1.68 bits per heavy atom. The Morgan fingerprint density at radius 1 is 1.03 bits per heavy atom. The number of benzene rings is 2. The molecule has 1 atom stereocenters. The van der Waals surface area contributed by atoms with Gasteiger partial charge in [-0.05, 0) is 54.9 Å². The fourth-order valence-corrected chi connectivity index (χ4v) is 5.14. The van der Waals surface area contributed by atoms with Crippen LogP contribution in [-0.2, 0) is 14.3 Å². The van der Waals surface area contributed by atoms with Gasteiger partial charge < -0.3 is 20.1 Å². The number of nitrogens with zero attached hydrogens (tertiary/aromatic N) is 1. The van der Waals surface area contributed by atoms with E-state index in [-0.39, 0.29) is 18.4 Å². The number of hydrogen-bond donors (Lipinski definition) is 2. The molecule has 0 bridgehead atoms. The summed E-state index contributed by atoms with van der Waals surface area (Å²) in [4.78, 5) is 37.7. The van der Waals surface area contributed by atoms with Crippen molar-refractivity contribution >= 4 is 18.0 Å². The first-order valence-electron chi connectivity index (χ1n) is 12.0. The molecule has 0 aromatic heterocycles. The second-order valence-electron chi connectivity index (χ2n) is 9.29. The van der Waals surface area contributed by atoms with Crippen LogP contribution in [0.2, 0.25) is 0 Å². The summed E-state index contributed by atoms with van der Waals surface area (Å²) in [5, 5.41) is 12.2. The minimum atomic E-state index is -1.08. The Hall–Kier alpha value is -3.35. The smallest absolute Gasteiger partial charge is 0.407 e. The second-order valence-corrected chi connectivity index (χ2v) is 9.29. The highest BCUT2D eigenvalue weighted by molar-refractivity contribution is 5.87. The molecule has 180 valence electrons. The molecule has 2 aliphatic rings. The van der Waals surface area contributed by atoms with E-state index in [2.05, 4.69) is 29.6 Å². The molecule has 2 aromatic carbocycles. The van der Waals surface area contributed by atoms with Crippen molar-refractivity contribution in [2.75, 3.05) is 19.7 Å². The third-order valence-corrected chi connectivity index (χ3v) is 7.08. The molecule has 0 spiro atoms. The van der Waals surface area contributed by atoms with Crippen LogP contribution in [0.3, 0.4) is 0 Å². The second kappa shape index (κ2) is 10.3. The Morgan fingerprint density at radius 3 is 2.32 bits per heavy atom. The number of carbonyl (C=O) groups excluding carboxylic acids is 2. The van der Waals surface area contributed by atoms with E-state index in [1.54, 1.807) is 6.92 Å². The average molecular weight is 465 g/mol. The standard InChI is InChI=1S/C27H32N2O5/c1-27(25(31)32)15-9-17-29(27)24(30)14-3-2-8-16-28-26(33)34-18-23-21-12-6-4-10-19(21)20-11-5-7-13-22(20)23/h4-7,10-13,23H,2-3,8-9,14-18H2,1H3,(H,28,33)(H,31,32)/t27-/m1/s1. The lowest BCUT2D eigenvalue weighted by Gasteiger charge is -2.31. The van der Waals surface area contributed by atoms with Crippen LogP contribution in [0.25, 0.3) is 11.1 Å². The van der Waals surface area contributed by atoms with Crippen LogP contribution in [0.5, 0.6) is 0 Å². The van der Waals surface area contributed by atoms with Crippen LogP contribution < -0.4 is 5.32 Å². The molecule has 34 heavy (non-hydrogen) atoms. The number of unbranched alkanes of at least 4 members (excludes halogenated alkanes) is 2. The summed E-state index contributed by atoms with van der Waals surface area (Å²) in [6.45, 7) is 2.89. The molecule has 4 rings (SSSR count). The monoisotopic (exact) mass is 464 g/mol. The summed E-state index contributed by atoms with van der Waals surface area (Å²) in [6.07, 6.45) is 3.27. The predicted molar refractivity (Wildman–Crippen MR) is 129 cm³/mol. The van der Waals surface area contributed by atoms with Crippen molar-refractivity contribution in [1.82, 2.24) is 10.2 Å². The van der Waals surface area contributed by atoms with Crippen molar-refractivity contribution in [3.63, 3.8) is 0 Å². The largest absolute Gasteiger partial charge is 0.480 e. The minimum absolute atomic E-state index is 0.0336. The van der Waals surface area contributed by atoms with Gasteiger partial charge >= 0.3 is 12.1 Å². The van der Waals surface area contributed by atoms with E-state index in [9.17, 15) is 19.5 Å². The van der Waals surface area contributed by atoms with E-state index in [0.29, 0.717) is 32.4 Å². The molecule has 1 saturated heterocycles. The lowest BCUT2D eigenvalue weighted by Crippen LogP contribution is -2.50. The molecule has 1 heterocycles. The van der Waals surface area contributed by atoms with Crippen molar-refractivity contribution in [3.8, 4) is 11.1 Å². The average Bonchev–Trinajstić information content (AvgIpc) is 3.39. The van der Waals surface area contributed by atoms with Gasteiger partial charge in [0.15, 0.2) is 0 Å². The van der Waals surface area contributed by atoms with E-state index in [1.165, 1.54) is 27.2 Å². The van der Waals surface area contributed by atoms with Crippen LogP contribution in [0.15, 0.2) is 48.5 Å².